The first-order valence-corrected chi connectivity index (χ1v) is 9.26. The molecule has 2 aromatic rings. The van der Waals surface area contributed by atoms with Gasteiger partial charge in [0.15, 0.2) is 0 Å². The lowest BCUT2D eigenvalue weighted by atomic mass is 10.1. The van der Waals surface area contributed by atoms with Crippen molar-refractivity contribution in [3.05, 3.63) is 59.8 Å². The maximum atomic E-state index is 12.5. The molecule has 1 amide bonds. The van der Waals surface area contributed by atoms with Crippen molar-refractivity contribution in [2.24, 2.45) is 5.92 Å². The minimum atomic E-state index is -0.0733. The lowest BCUT2D eigenvalue weighted by molar-refractivity contribution is -0.123. The van der Waals surface area contributed by atoms with Crippen LogP contribution in [0.4, 0.5) is 0 Å². The van der Waals surface area contributed by atoms with E-state index < -0.39 is 0 Å². The van der Waals surface area contributed by atoms with Crippen LogP contribution in [0.25, 0.3) is 0 Å². The van der Waals surface area contributed by atoms with E-state index in [0.29, 0.717) is 18.4 Å². The Labute approximate surface area is 153 Å². The second-order valence-electron chi connectivity index (χ2n) is 7.12. The van der Waals surface area contributed by atoms with Crippen molar-refractivity contribution < 1.29 is 14.3 Å². The second kappa shape index (κ2) is 7.46. The van der Waals surface area contributed by atoms with Crippen molar-refractivity contribution in [1.82, 2.24) is 10.3 Å². The van der Waals surface area contributed by atoms with Crippen LogP contribution in [-0.2, 0) is 9.53 Å². The number of ether oxygens (including phenoxy) is 2. The van der Waals surface area contributed by atoms with Crippen LogP contribution < -0.4 is 10.1 Å². The van der Waals surface area contributed by atoms with Gasteiger partial charge >= 0.3 is 0 Å². The highest BCUT2D eigenvalue weighted by Crippen LogP contribution is 2.47. The number of carbonyl (C=O) groups is 1. The molecule has 0 spiro atoms. The summed E-state index contributed by atoms with van der Waals surface area (Å²) in [5.41, 5.74) is 2.23. The van der Waals surface area contributed by atoms with Crippen molar-refractivity contribution in [2.45, 2.75) is 37.8 Å². The van der Waals surface area contributed by atoms with Gasteiger partial charge in [-0.15, -0.1) is 0 Å². The van der Waals surface area contributed by atoms with Gasteiger partial charge in [0.05, 0.1) is 19.3 Å². The molecule has 1 N–H and O–H groups in total. The molecule has 5 heteroatoms. The highest BCUT2D eigenvalue weighted by Gasteiger charge is 2.44. The largest absolute Gasteiger partial charge is 0.472 e. The average molecular weight is 352 g/mol. The topological polar surface area (TPSA) is 60.5 Å². The molecule has 26 heavy (non-hydrogen) atoms. The molecule has 1 aliphatic carbocycles. The monoisotopic (exact) mass is 352 g/mol. The SMILES string of the molecule is C[C@H](NC(=O)[C@H]1C[C@@H]1c1ccccc1)c1ccc(OC2CCOC2)nc1. The summed E-state index contributed by atoms with van der Waals surface area (Å²) in [5, 5.41) is 3.11. The van der Waals surface area contributed by atoms with E-state index in [2.05, 4.69) is 22.4 Å². The molecular formula is C21H24N2O3. The third-order valence-electron chi connectivity index (χ3n) is 5.15. The van der Waals surface area contributed by atoms with E-state index in [1.54, 1.807) is 6.20 Å². The molecule has 1 saturated heterocycles. The molecule has 4 atom stereocenters. The molecule has 136 valence electrons. The zero-order chi connectivity index (χ0) is 17.9. The first kappa shape index (κ1) is 17.0. The number of hydrogen-bond acceptors (Lipinski definition) is 4. The van der Waals surface area contributed by atoms with Crippen LogP contribution in [0.1, 0.15) is 42.9 Å². The molecule has 0 radical (unpaired) electrons. The number of rotatable bonds is 6. The van der Waals surface area contributed by atoms with Crippen LogP contribution in [0, 0.1) is 5.92 Å². The van der Waals surface area contributed by atoms with Crippen molar-refractivity contribution in [2.75, 3.05) is 13.2 Å². The normalized spacial score (nSPS) is 25.5. The molecule has 5 nitrogen and oxygen atoms in total. The number of nitrogens with zero attached hydrogens (tertiary/aromatic N) is 1. The second-order valence-corrected chi connectivity index (χ2v) is 7.12. The molecule has 2 aliphatic rings. The summed E-state index contributed by atoms with van der Waals surface area (Å²) < 4.78 is 11.1. The lowest BCUT2D eigenvalue weighted by Gasteiger charge is -2.15. The molecule has 4 rings (SSSR count). The Morgan fingerprint density at radius 2 is 2.12 bits per heavy atom. The molecule has 1 aromatic carbocycles. The van der Waals surface area contributed by atoms with Gasteiger partial charge in [0.25, 0.3) is 0 Å². The van der Waals surface area contributed by atoms with Gasteiger partial charge in [0.2, 0.25) is 11.8 Å². The van der Waals surface area contributed by atoms with Gasteiger partial charge in [-0.25, -0.2) is 4.98 Å². The number of carbonyl (C=O) groups excluding carboxylic acids is 1. The smallest absolute Gasteiger partial charge is 0.224 e. The number of hydrogen-bond donors (Lipinski definition) is 1. The van der Waals surface area contributed by atoms with E-state index >= 15 is 0 Å². The quantitative estimate of drug-likeness (QED) is 0.867. The third-order valence-corrected chi connectivity index (χ3v) is 5.15. The van der Waals surface area contributed by atoms with Crippen LogP contribution in [-0.4, -0.2) is 30.2 Å². The van der Waals surface area contributed by atoms with Crippen LogP contribution in [0.2, 0.25) is 0 Å². The van der Waals surface area contributed by atoms with Crippen molar-refractivity contribution in [3.63, 3.8) is 0 Å². The molecule has 1 saturated carbocycles. The Bertz CT molecular complexity index is 742. The predicted octanol–water partition coefficient (Wildman–Crippen LogP) is 3.23. The number of pyridine rings is 1. The van der Waals surface area contributed by atoms with Crippen molar-refractivity contribution >= 4 is 5.91 Å². The van der Waals surface area contributed by atoms with Gasteiger partial charge in [-0.2, -0.15) is 0 Å². The van der Waals surface area contributed by atoms with Gasteiger partial charge in [-0.1, -0.05) is 36.4 Å². The van der Waals surface area contributed by atoms with Gasteiger partial charge in [-0.05, 0) is 30.4 Å². The van der Waals surface area contributed by atoms with E-state index in [1.807, 2.05) is 37.3 Å². The Morgan fingerprint density at radius 1 is 1.27 bits per heavy atom. The van der Waals surface area contributed by atoms with Crippen LogP contribution in [0.15, 0.2) is 48.7 Å². The molecule has 2 fully saturated rings. The Morgan fingerprint density at radius 3 is 2.81 bits per heavy atom. The minimum absolute atomic E-state index is 0.0733. The van der Waals surface area contributed by atoms with Crippen LogP contribution in [0.3, 0.4) is 0 Å². The van der Waals surface area contributed by atoms with Crippen molar-refractivity contribution in [3.8, 4) is 5.88 Å². The average Bonchev–Trinajstić information content (AvgIpc) is 3.32. The molecular weight excluding hydrogens is 328 g/mol. The maximum absolute atomic E-state index is 12.5. The number of nitrogens with one attached hydrogen (secondary N) is 1. The lowest BCUT2D eigenvalue weighted by Crippen LogP contribution is -2.28. The van der Waals surface area contributed by atoms with Gasteiger partial charge in [0.1, 0.15) is 6.10 Å². The van der Waals surface area contributed by atoms with E-state index in [1.165, 1.54) is 5.56 Å². The van der Waals surface area contributed by atoms with E-state index in [4.69, 9.17) is 9.47 Å². The van der Waals surface area contributed by atoms with Crippen LogP contribution in [0.5, 0.6) is 5.88 Å². The molecule has 1 aliphatic heterocycles. The molecule has 0 bridgehead atoms. The molecule has 1 unspecified atom stereocenters. The van der Waals surface area contributed by atoms with Gasteiger partial charge < -0.3 is 14.8 Å². The summed E-state index contributed by atoms with van der Waals surface area (Å²) in [6.07, 6.45) is 3.70. The fraction of sp³-hybridized carbons (Fsp3) is 0.429. The zero-order valence-corrected chi connectivity index (χ0v) is 14.9. The fourth-order valence-electron chi connectivity index (χ4n) is 3.45. The van der Waals surface area contributed by atoms with Crippen LogP contribution >= 0.6 is 0 Å². The summed E-state index contributed by atoms with van der Waals surface area (Å²) in [4.78, 5) is 16.9. The number of amides is 1. The number of benzene rings is 1. The minimum Gasteiger partial charge on any atom is -0.472 e. The molecule has 1 aromatic heterocycles. The highest BCUT2D eigenvalue weighted by atomic mass is 16.5. The summed E-state index contributed by atoms with van der Waals surface area (Å²) >= 11 is 0. The summed E-state index contributed by atoms with van der Waals surface area (Å²) in [6.45, 7) is 3.36. The zero-order valence-electron chi connectivity index (χ0n) is 14.9. The maximum Gasteiger partial charge on any atom is 0.224 e. The highest BCUT2D eigenvalue weighted by molar-refractivity contribution is 5.83. The standard InChI is InChI=1S/C21H24N2O3/c1-14(16-7-8-20(22-12-16)26-17-9-10-25-13-17)23-21(24)19-11-18(19)15-5-3-2-4-6-15/h2-8,12,14,17-19H,9-11,13H2,1H3,(H,23,24)/t14-,17?,18+,19-/m0/s1. The predicted molar refractivity (Wildman–Crippen MR) is 97.9 cm³/mol. The van der Waals surface area contributed by atoms with Gasteiger partial charge in [0, 0.05) is 24.6 Å². The summed E-state index contributed by atoms with van der Waals surface area (Å²) in [5.74, 6) is 1.16. The first-order chi connectivity index (χ1) is 12.7. The Balaban J connectivity index is 1.30. The van der Waals surface area contributed by atoms with E-state index in [0.717, 1.165) is 25.0 Å². The van der Waals surface area contributed by atoms with Gasteiger partial charge in [-0.3, -0.25) is 4.79 Å². The van der Waals surface area contributed by atoms with E-state index in [-0.39, 0.29) is 24.0 Å². The summed E-state index contributed by atoms with van der Waals surface area (Å²) in [7, 11) is 0. The summed E-state index contributed by atoms with van der Waals surface area (Å²) in [6, 6.07) is 14.0. The van der Waals surface area contributed by atoms with E-state index in [9.17, 15) is 4.79 Å². The third kappa shape index (κ3) is 3.88. The Hall–Kier alpha value is -2.40. The fourth-order valence-corrected chi connectivity index (χ4v) is 3.45. The Kier molecular flexibility index (Phi) is 4.89. The first-order valence-electron chi connectivity index (χ1n) is 9.26. The molecule has 2 heterocycles. The van der Waals surface area contributed by atoms with Crippen molar-refractivity contribution in [1.29, 1.82) is 0 Å². The number of aromatic nitrogens is 1.